The van der Waals surface area contributed by atoms with Crippen LogP contribution in [0.15, 0.2) is 0 Å². The molecule has 0 fully saturated rings. The molecule has 0 nitrogen and oxygen atoms in total. The summed E-state index contributed by atoms with van der Waals surface area (Å²) in [4.78, 5) is 0. The minimum Gasteiger partial charge on any atom is -1.00 e. The third-order valence-electron chi connectivity index (χ3n) is 0.498. The molecule has 0 saturated carbocycles. The van der Waals surface area contributed by atoms with E-state index in [4.69, 9.17) is 0 Å². The van der Waals surface area contributed by atoms with Crippen LogP contribution < -0.4 is 17.0 Å². The van der Waals surface area contributed by atoms with Gasteiger partial charge in [-0.15, -0.1) is 0 Å². The summed E-state index contributed by atoms with van der Waals surface area (Å²) < 4.78 is 76.0. The van der Waals surface area contributed by atoms with Crippen molar-refractivity contribution in [2.45, 2.75) is 12.4 Å². The molecule has 0 aromatic rings. The Morgan fingerprint density at radius 2 is 0.917 bits per heavy atom. The van der Waals surface area contributed by atoms with Gasteiger partial charge < -0.3 is 21.4 Å². The minimum absolute atomic E-state index is 0. The number of hydrogen-bond acceptors (Lipinski definition) is 0. The van der Waals surface area contributed by atoms with Crippen LogP contribution in [0.3, 0.4) is 0 Å². The second-order valence-corrected chi connectivity index (χ2v) is 1.31. The molecule has 0 aliphatic rings. The fourth-order valence-electron chi connectivity index (χ4n) is 0.161. The maximum atomic E-state index is 11.1. The number of halogens is 8. The molecule has 0 aliphatic carbocycles. The van der Waals surface area contributed by atoms with Gasteiger partial charge in [-0.2, -0.15) is 0 Å². The van der Waals surface area contributed by atoms with Gasteiger partial charge in [-0.05, 0) is 0 Å². The van der Waals surface area contributed by atoms with Gasteiger partial charge in [0.15, 0.2) is 0 Å². The maximum absolute atomic E-state index is 11.1. The maximum Gasteiger partial charge on any atom is 2.00 e. The van der Waals surface area contributed by atoms with E-state index in [1.165, 1.54) is 0 Å². The first-order valence-electron chi connectivity index (χ1n) is 1.82. The van der Waals surface area contributed by atoms with Crippen molar-refractivity contribution in [3.63, 3.8) is 0 Å². The Morgan fingerprint density at radius 1 is 0.750 bits per heavy atom. The molecule has 0 spiro atoms. The van der Waals surface area contributed by atoms with Gasteiger partial charge in [0, 0.05) is 6.17 Å². The Balaban J connectivity index is -0.000000405. The van der Waals surface area contributed by atoms with E-state index in [1.807, 2.05) is 0 Å². The second kappa shape index (κ2) is 5.48. The zero-order chi connectivity index (χ0) is 8.58. The Morgan fingerprint density at radius 3 is 0.917 bits per heavy atom. The molecular weight excluding hydrogens is 273 g/mol. The molecule has 0 N–H and O–H groups in total. The van der Waals surface area contributed by atoms with Gasteiger partial charge in [0.1, 0.15) is 0 Å². The molecular formula is C3BrF7Mg. The van der Waals surface area contributed by atoms with Crippen molar-refractivity contribution in [1.82, 2.24) is 0 Å². The molecule has 0 heterocycles. The fraction of sp³-hybridized carbons (Fsp3) is 0.667. The van der Waals surface area contributed by atoms with Gasteiger partial charge in [-0.1, -0.05) is 0 Å². The first-order chi connectivity index (χ1) is 4.15. The average Bonchev–Trinajstić information content (AvgIpc) is 1.59. The SMILES string of the molecule is F[C-](C(F)(F)F)C(F)(F)F.[Br-].[Mg+2]. The van der Waals surface area contributed by atoms with Gasteiger partial charge in [0.25, 0.3) is 0 Å². The van der Waals surface area contributed by atoms with Crippen molar-refractivity contribution < 1.29 is 47.7 Å². The topological polar surface area (TPSA) is 0 Å². The van der Waals surface area contributed by atoms with E-state index in [9.17, 15) is 30.7 Å². The predicted octanol–water partition coefficient (Wildman–Crippen LogP) is -0.764. The molecule has 0 aliphatic heterocycles. The average molecular weight is 273 g/mol. The van der Waals surface area contributed by atoms with Crippen LogP contribution in [0.4, 0.5) is 30.7 Å². The van der Waals surface area contributed by atoms with Crippen molar-refractivity contribution in [2.24, 2.45) is 0 Å². The summed E-state index contributed by atoms with van der Waals surface area (Å²) >= 11 is 0. The van der Waals surface area contributed by atoms with Gasteiger partial charge >= 0.3 is 35.4 Å². The molecule has 0 rings (SSSR count). The number of hydrogen-bond donors (Lipinski definition) is 0. The Hall–Kier alpha value is 0.756. The van der Waals surface area contributed by atoms with Crippen molar-refractivity contribution in [3.05, 3.63) is 6.17 Å². The molecule has 0 aromatic heterocycles. The van der Waals surface area contributed by atoms with Gasteiger partial charge in [-0.3, -0.25) is 0 Å². The van der Waals surface area contributed by atoms with Crippen LogP contribution in [0.25, 0.3) is 0 Å². The summed E-state index contributed by atoms with van der Waals surface area (Å²) in [6, 6.07) is 0. The molecule has 0 atom stereocenters. The molecule has 0 radical (unpaired) electrons. The van der Waals surface area contributed by atoms with Gasteiger partial charge in [0.2, 0.25) is 0 Å². The fourth-order valence-corrected chi connectivity index (χ4v) is 0.161. The van der Waals surface area contributed by atoms with E-state index in [-0.39, 0.29) is 40.0 Å². The van der Waals surface area contributed by atoms with Gasteiger partial charge in [0.05, 0.1) is 0 Å². The predicted molar refractivity (Wildman–Crippen MR) is 22.2 cm³/mol. The van der Waals surface area contributed by atoms with Crippen LogP contribution in [0, 0.1) is 6.17 Å². The van der Waals surface area contributed by atoms with Crippen molar-refractivity contribution in [2.75, 3.05) is 0 Å². The van der Waals surface area contributed by atoms with Crippen molar-refractivity contribution in [1.29, 1.82) is 0 Å². The molecule has 0 saturated heterocycles. The van der Waals surface area contributed by atoms with Crippen LogP contribution >= 0.6 is 0 Å². The van der Waals surface area contributed by atoms with E-state index in [0.29, 0.717) is 0 Å². The third kappa shape index (κ3) is 6.29. The minimum atomic E-state index is -5.93. The summed E-state index contributed by atoms with van der Waals surface area (Å²) in [5, 5.41) is 0. The molecule has 0 aromatic carbocycles. The quantitative estimate of drug-likeness (QED) is 0.309. The van der Waals surface area contributed by atoms with Crippen molar-refractivity contribution in [3.8, 4) is 0 Å². The molecule has 70 valence electrons. The Bertz CT molecular complexity index is 103. The summed E-state index contributed by atoms with van der Waals surface area (Å²) in [6.07, 6.45) is -15.8. The van der Waals surface area contributed by atoms with E-state index in [1.54, 1.807) is 0 Å². The Labute approximate surface area is 89.4 Å². The molecule has 0 amide bonds. The van der Waals surface area contributed by atoms with Crippen LogP contribution in [0.2, 0.25) is 0 Å². The third-order valence-corrected chi connectivity index (χ3v) is 0.498. The van der Waals surface area contributed by atoms with Crippen LogP contribution in [0.1, 0.15) is 0 Å². The Kier molecular flexibility index (Phi) is 8.46. The zero-order valence-corrected chi connectivity index (χ0v) is 8.23. The van der Waals surface area contributed by atoms with E-state index in [0.717, 1.165) is 0 Å². The van der Waals surface area contributed by atoms with Crippen LogP contribution in [-0.2, 0) is 0 Å². The summed E-state index contributed by atoms with van der Waals surface area (Å²) in [5.74, 6) is 0. The zero-order valence-electron chi connectivity index (χ0n) is 5.23. The van der Waals surface area contributed by atoms with E-state index in [2.05, 4.69) is 0 Å². The van der Waals surface area contributed by atoms with E-state index < -0.39 is 18.5 Å². The number of alkyl halides is 6. The normalized spacial score (nSPS) is 12.0. The summed E-state index contributed by atoms with van der Waals surface area (Å²) in [6.45, 7) is 0. The molecule has 0 unspecified atom stereocenters. The van der Waals surface area contributed by atoms with Crippen LogP contribution in [-0.4, -0.2) is 35.4 Å². The smallest absolute Gasteiger partial charge is 1.00 e. The summed E-state index contributed by atoms with van der Waals surface area (Å²) in [7, 11) is 0. The van der Waals surface area contributed by atoms with Crippen molar-refractivity contribution >= 4 is 23.1 Å². The summed E-state index contributed by atoms with van der Waals surface area (Å²) in [5.41, 5.74) is 0. The van der Waals surface area contributed by atoms with E-state index >= 15 is 0 Å². The monoisotopic (exact) mass is 272 g/mol. The number of rotatable bonds is 0. The first-order valence-corrected chi connectivity index (χ1v) is 1.82. The first kappa shape index (κ1) is 18.5. The standard InChI is InChI=1S/C3F7.BrH.Mg/c4-1(2(5,6)7)3(8,9)10;;/h;1H;/q-1;;+2/p-1. The molecule has 9 heteroatoms. The van der Waals surface area contributed by atoms with Gasteiger partial charge in [-0.25, -0.2) is 26.3 Å². The molecule has 12 heavy (non-hydrogen) atoms. The van der Waals surface area contributed by atoms with Crippen LogP contribution in [0.5, 0.6) is 0 Å². The molecule has 0 bridgehead atoms. The second-order valence-electron chi connectivity index (χ2n) is 1.31. The largest absolute Gasteiger partial charge is 2.00 e.